The fourth-order valence-corrected chi connectivity index (χ4v) is 2.95. The number of hydrogen-bond donors (Lipinski definition) is 1. The van der Waals surface area contributed by atoms with Crippen molar-refractivity contribution < 1.29 is 14.2 Å². The van der Waals surface area contributed by atoms with E-state index >= 15 is 0 Å². The molecular formula is C13H15FO2. The molecule has 86 valence electrons. The molecule has 1 aromatic carbocycles. The number of aliphatic hydroxyl groups excluding tert-OH is 1. The Kier molecular flexibility index (Phi) is 2.45. The second-order valence-electron chi connectivity index (χ2n) is 4.74. The summed E-state index contributed by atoms with van der Waals surface area (Å²) in [5.41, 5.74) is 0.406. The third kappa shape index (κ3) is 1.55. The number of rotatable bonds is 2. The highest BCUT2D eigenvalue weighted by atomic mass is 19.1. The van der Waals surface area contributed by atoms with Gasteiger partial charge in [-0.25, -0.2) is 4.39 Å². The summed E-state index contributed by atoms with van der Waals surface area (Å²) >= 11 is 0. The van der Waals surface area contributed by atoms with Crippen LogP contribution in [0.25, 0.3) is 0 Å². The van der Waals surface area contributed by atoms with Gasteiger partial charge in [0, 0.05) is 11.5 Å². The Morgan fingerprint density at radius 3 is 2.75 bits per heavy atom. The Morgan fingerprint density at radius 1 is 1.31 bits per heavy atom. The Labute approximate surface area is 94.0 Å². The lowest BCUT2D eigenvalue weighted by Crippen LogP contribution is -2.24. The summed E-state index contributed by atoms with van der Waals surface area (Å²) < 4.78 is 19.2. The van der Waals surface area contributed by atoms with E-state index in [2.05, 4.69) is 0 Å². The van der Waals surface area contributed by atoms with Crippen LogP contribution >= 0.6 is 0 Å². The van der Waals surface area contributed by atoms with E-state index in [1.54, 1.807) is 18.2 Å². The molecule has 4 unspecified atom stereocenters. The van der Waals surface area contributed by atoms with Gasteiger partial charge in [-0.05, 0) is 25.3 Å². The Hall–Kier alpha value is -0.930. The number of ether oxygens (including phenoxy) is 1. The summed E-state index contributed by atoms with van der Waals surface area (Å²) in [5.74, 6) is -0.256. The highest BCUT2D eigenvalue weighted by Crippen LogP contribution is 2.44. The van der Waals surface area contributed by atoms with Gasteiger partial charge in [0.15, 0.2) is 0 Å². The monoisotopic (exact) mass is 222 g/mol. The van der Waals surface area contributed by atoms with Crippen LogP contribution in [0.5, 0.6) is 0 Å². The van der Waals surface area contributed by atoms with Crippen molar-refractivity contribution in [3.63, 3.8) is 0 Å². The molecule has 0 aromatic heterocycles. The molecule has 0 radical (unpaired) electrons. The Balaban J connectivity index is 1.83. The maximum absolute atomic E-state index is 13.5. The lowest BCUT2D eigenvalue weighted by molar-refractivity contribution is 0.0407. The summed E-state index contributed by atoms with van der Waals surface area (Å²) in [4.78, 5) is 0. The number of benzene rings is 1. The first kappa shape index (κ1) is 10.2. The van der Waals surface area contributed by atoms with Crippen LogP contribution in [0.4, 0.5) is 4.39 Å². The van der Waals surface area contributed by atoms with Crippen molar-refractivity contribution in [2.24, 2.45) is 5.92 Å². The fourth-order valence-electron chi connectivity index (χ4n) is 2.95. The third-order valence-corrected chi connectivity index (χ3v) is 3.78. The van der Waals surface area contributed by atoms with Gasteiger partial charge in [0.05, 0.1) is 18.3 Å². The van der Waals surface area contributed by atoms with Gasteiger partial charge in [0.2, 0.25) is 0 Å². The SMILES string of the molecule is OC(c1ccccc1F)C1CC2CCC1O2. The van der Waals surface area contributed by atoms with Crippen LogP contribution in [-0.4, -0.2) is 17.3 Å². The van der Waals surface area contributed by atoms with E-state index in [0.717, 1.165) is 19.3 Å². The molecule has 1 N–H and O–H groups in total. The van der Waals surface area contributed by atoms with Gasteiger partial charge >= 0.3 is 0 Å². The molecule has 2 nitrogen and oxygen atoms in total. The minimum atomic E-state index is -0.725. The van der Waals surface area contributed by atoms with Crippen molar-refractivity contribution in [1.29, 1.82) is 0 Å². The molecule has 2 saturated heterocycles. The molecule has 0 spiro atoms. The molecule has 0 aliphatic carbocycles. The summed E-state index contributed by atoms with van der Waals surface area (Å²) in [5, 5.41) is 10.2. The molecule has 2 bridgehead atoms. The lowest BCUT2D eigenvalue weighted by Gasteiger charge is -2.24. The van der Waals surface area contributed by atoms with Gasteiger partial charge < -0.3 is 9.84 Å². The van der Waals surface area contributed by atoms with E-state index < -0.39 is 6.10 Å². The Bertz CT molecular complexity index is 393. The first-order chi connectivity index (χ1) is 7.75. The third-order valence-electron chi connectivity index (χ3n) is 3.78. The highest BCUT2D eigenvalue weighted by Gasteiger charge is 2.44. The van der Waals surface area contributed by atoms with Crippen LogP contribution in [0.2, 0.25) is 0 Å². The van der Waals surface area contributed by atoms with Crippen molar-refractivity contribution in [2.75, 3.05) is 0 Å². The van der Waals surface area contributed by atoms with E-state index in [1.165, 1.54) is 6.07 Å². The molecule has 0 amide bonds. The molecule has 2 aliphatic rings. The average molecular weight is 222 g/mol. The van der Waals surface area contributed by atoms with Crippen molar-refractivity contribution in [1.82, 2.24) is 0 Å². The number of fused-ring (bicyclic) bond motifs is 2. The molecule has 0 saturated carbocycles. The van der Waals surface area contributed by atoms with E-state index in [-0.39, 0.29) is 23.9 Å². The molecule has 3 heteroatoms. The molecule has 2 fully saturated rings. The van der Waals surface area contributed by atoms with Crippen LogP contribution in [-0.2, 0) is 4.74 Å². The first-order valence-corrected chi connectivity index (χ1v) is 5.83. The van der Waals surface area contributed by atoms with Crippen LogP contribution in [0, 0.1) is 11.7 Å². The van der Waals surface area contributed by atoms with Crippen molar-refractivity contribution in [2.45, 2.75) is 37.6 Å². The van der Waals surface area contributed by atoms with Crippen molar-refractivity contribution in [3.05, 3.63) is 35.6 Å². The van der Waals surface area contributed by atoms with Gasteiger partial charge in [-0.15, -0.1) is 0 Å². The Morgan fingerprint density at radius 2 is 2.12 bits per heavy atom. The minimum absolute atomic E-state index is 0.0654. The second kappa shape index (κ2) is 3.82. The molecule has 3 rings (SSSR count). The molecule has 4 atom stereocenters. The quantitative estimate of drug-likeness (QED) is 0.832. The minimum Gasteiger partial charge on any atom is -0.388 e. The molecule has 2 heterocycles. The normalized spacial score (nSPS) is 34.2. The number of halogens is 1. The zero-order chi connectivity index (χ0) is 11.1. The van der Waals surface area contributed by atoms with Gasteiger partial charge in [-0.2, -0.15) is 0 Å². The molecule has 2 aliphatic heterocycles. The zero-order valence-corrected chi connectivity index (χ0v) is 8.97. The maximum atomic E-state index is 13.5. The molecule has 16 heavy (non-hydrogen) atoms. The van der Waals surface area contributed by atoms with E-state index in [4.69, 9.17) is 4.74 Å². The zero-order valence-electron chi connectivity index (χ0n) is 8.97. The first-order valence-electron chi connectivity index (χ1n) is 5.83. The van der Waals surface area contributed by atoms with Crippen molar-refractivity contribution >= 4 is 0 Å². The molecular weight excluding hydrogens is 207 g/mol. The van der Waals surface area contributed by atoms with E-state index in [9.17, 15) is 9.50 Å². The van der Waals surface area contributed by atoms with Crippen LogP contribution in [0.3, 0.4) is 0 Å². The van der Waals surface area contributed by atoms with E-state index in [0.29, 0.717) is 5.56 Å². The summed E-state index contributed by atoms with van der Waals surface area (Å²) in [7, 11) is 0. The predicted molar refractivity (Wildman–Crippen MR) is 57.4 cm³/mol. The van der Waals surface area contributed by atoms with Crippen LogP contribution < -0.4 is 0 Å². The molecule has 1 aromatic rings. The highest BCUT2D eigenvalue weighted by molar-refractivity contribution is 5.21. The maximum Gasteiger partial charge on any atom is 0.129 e. The predicted octanol–water partition coefficient (Wildman–Crippen LogP) is 2.43. The van der Waals surface area contributed by atoms with Crippen molar-refractivity contribution in [3.8, 4) is 0 Å². The summed E-state index contributed by atoms with van der Waals surface area (Å²) in [6.07, 6.45) is 2.64. The topological polar surface area (TPSA) is 29.5 Å². The lowest BCUT2D eigenvalue weighted by atomic mass is 9.82. The largest absolute Gasteiger partial charge is 0.388 e. The van der Waals surface area contributed by atoms with Gasteiger partial charge in [0.25, 0.3) is 0 Å². The average Bonchev–Trinajstić information content (AvgIpc) is 2.90. The standard InChI is InChI=1S/C13H15FO2/c14-11-4-2-1-3-9(11)13(15)10-7-8-5-6-12(10)16-8/h1-4,8,10,12-13,15H,5-7H2. The smallest absolute Gasteiger partial charge is 0.129 e. The number of hydrogen-bond acceptors (Lipinski definition) is 2. The van der Waals surface area contributed by atoms with E-state index in [1.807, 2.05) is 0 Å². The van der Waals surface area contributed by atoms with Gasteiger partial charge in [-0.3, -0.25) is 0 Å². The fraction of sp³-hybridized carbons (Fsp3) is 0.538. The second-order valence-corrected chi connectivity index (χ2v) is 4.74. The number of aliphatic hydroxyl groups is 1. The summed E-state index contributed by atoms with van der Waals surface area (Å²) in [6.45, 7) is 0. The van der Waals surface area contributed by atoms with Crippen LogP contribution in [0.1, 0.15) is 30.9 Å². The van der Waals surface area contributed by atoms with Gasteiger partial charge in [-0.1, -0.05) is 18.2 Å². The van der Waals surface area contributed by atoms with Gasteiger partial charge in [0.1, 0.15) is 5.82 Å². The van der Waals surface area contributed by atoms with Crippen LogP contribution in [0.15, 0.2) is 24.3 Å². The summed E-state index contributed by atoms with van der Waals surface area (Å²) in [6, 6.07) is 6.46.